The molecule has 2 aromatic heterocycles. The zero-order valence-electron chi connectivity index (χ0n) is 9.28. The van der Waals surface area contributed by atoms with E-state index in [0.717, 1.165) is 11.8 Å². The van der Waals surface area contributed by atoms with Gasteiger partial charge >= 0.3 is 6.18 Å². The lowest BCUT2D eigenvalue weighted by Crippen LogP contribution is -2.07. The van der Waals surface area contributed by atoms with E-state index in [2.05, 4.69) is 10.1 Å². The zero-order valence-corrected chi connectivity index (χ0v) is 9.28. The Morgan fingerprint density at radius 1 is 1.18 bits per heavy atom. The largest absolute Gasteiger partial charge is 0.435 e. The second-order valence-electron chi connectivity index (χ2n) is 3.74. The second kappa shape index (κ2) is 3.87. The van der Waals surface area contributed by atoms with E-state index >= 15 is 0 Å². The summed E-state index contributed by atoms with van der Waals surface area (Å²) < 4.78 is 38.6. The van der Waals surface area contributed by atoms with Crippen LogP contribution in [0.3, 0.4) is 0 Å². The van der Waals surface area contributed by atoms with E-state index in [1.54, 1.807) is 26.0 Å². The van der Waals surface area contributed by atoms with Gasteiger partial charge in [0.25, 0.3) is 0 Å². The summed E-state index contributed by atoms with van der Waals surface area (Å²) in [6.07, 6.45) is -2.93. The molecule has 0 saturated carbocycles. The maximum Gasteiger partial charge on any atom is 0.435 e. The molecule has 0 aliphatic heterocycles. The van der Waals surface area contributed by atoms with Gasteiger partial charge in [0, 0.05) is 11.4 Å². The first kappa shape index (κ1) is 11.6. The predicted molar refractivity (Wildman–Crippen MR) is 55.8 cm³/mol. The molecule has 0 aliphatic carbocycles. The van der Waals surface area contributed by atoms with Gasteiger partial charge in [-0.3, -0.25) is 4.98 Å². The minimum atomic E-state index is -4.42. The highest BCUT2D eigenvalue weighted by atomic mass is 19.4. The first-order chi connectivity index (χ1) is 7.88. The number of hydrogen-bond acceptors (Lipinski definition) is 2. The van der Waals surface area contributed by atoms with E-state index in [4.69, 9.17) is 0 Å². The quantitative estimate of drug-likeness (QED) is 0.768. The van der Waals surface area contributed by atoms with Crippen LogP contribution in [0.1, 0.15) is 17.1 Å². The molecule has 2 heterocycles. The van der Waals surface area contributed by atoms with E-state index in [-0.39, 0.29) is 0 Å². The number of aromatic nitrogens is 3. The van der Waals surface area contributed by atoms with E-state index in [1.165, 1.54) is 10.9 Å². The average Bonchev–Trinajstić information content (AvgIpc) is 2.61. The van der Waals surface area contributed by atoms with Gasteiger partial charge in [-0.2, -0.15) is 18.3 Å². The van der Waals surface area contributed by atoms with Crippen LogP contribution in [-0.4, -0.2) is 14.8 Å². The van der Waals surface area contributed by atoms with Gasteiger partial charge in [-0.25, -0.2) is 4.68 Å². The number of aryl methyl sites for hydroxylation is 2. The van der Waals surface area contributed by atoms with Gasteiger partial charge in [0.05, 0.1) is 11.9 Å². The summed E-state index contributed by atoms with van der Waals surface area (Å²) in [6, 6.07) is 4.42. The second-order valence-corrected chi connectivity index (χ2v) is 3.74. The SMILES string of the molecule is Cc1ccc(-n2nc(C(F)(F)F)cc2C)cn1. The summed E-state index contributed by atoms with van der Waals surface area (Å²) in [5, 5.41) is 3.53. The smallest absolute Gasteiger partial charge is 0.259 e. The summed E-state index contributed by atoms with van der Waals surface area (Å²) in [7, 11) is 0. The summed E-state index contributed by atoms with van der Waals surface area (Å²) in [5.41, 5.74) is 0.844. The number of alkyl halides is 3. The molecule has 2 aromatic rings. The molecule has 0 aromatic carbocycles. The van der Waals surface area contributed by atoms with Crippen LogP contribution in [0.25, 0.3) is 5.69 Å². The minimum absolute atomic E-state index is 0.419. The molecule has 6 heteroatoms. The zero-order chi connectivity index (χ0) is 12.6. The number of nitrogens with zero attached hydrogens (tertiary/aromatic N) is 3. The van der Waals surface area contributed by atoms with Crippen LogP contribution in [0.2, 0.25) is 0 Å². The average molecular weight is 241 g/mol. The number of rotatable bonds is 1. The van der Waals surface area contributed by atoms with Crippen molar-refractivity contribution < 1.29 is 13.2 Å². The van der Waals surface area contributed by atoms with Crippen molar-refractivity contribution in [1.82, 2.24) is 14.8 Å². The molecule has 2 rings (SSSR count). The molecule has 0 N–H and O–H groups in total. The van der Waals surface area contributed by atoms with Gasteiger partial charge in [0.15, 0.2) is 5.69 Å². The molecular weight excluding hydrogens is 231 g/mol. The molecule has 0 atom stereocenters. The van der Waals surface area contributed by atoms with Crippen LogP contribution in [0.5, 0.6) is 0 Å². The molecule has 0 aliphatic rings. The van der Waals surface area contributed by atoms with E-state index in [0.29, 0.717) is 11.4 Å². The van der Waals surface area contributed by atoms with Crippen molar-refractivity contribution in [2.24, 2.45) is 0 Å². The molecule has 0 bridgehead atoms. The lowest BCUT2D eigenvalue weighted by molar-refractivity contribution is -0.141. The van der Waals surface area contributed by atoms with Gasteiger partial charge in [0.2, 0.25) is 0 Å². The van der Waals surface area contributed by atoms with Crippen LogP contribution in [-0.2, 0) is 6.18 Å². The van der Waals surface area contributed by atoms with Gasteiger partial charge in [0.1, 0.15) is 0 Å². The molecule has 0 unspecified atom stereocenters. The fraction of sp³-hybridized carbons (Fsp3) is 0.273. The maximum absolute atomic E-state index is 12.5. The Labute approximate surface area is 95.9 Å². The normalized spacial score (nSPS) is 11.8. The Morgan fingerprint density at radius 2 is 1.88 bits per heavy atom. The molecule has 17 heavy (non-hydrogen) atoms. The molecule has 0 radical (unpaired) electrons. The summed E-state index contributed by atoms with van der Waals surface area (Å²) in [5.74, 6) is 0. The van der Waals surface area contributed by atoms with Crippen LogP contribution in [0, 0.1) is 13.8 Å². The van der Waals surface area contributed by atoms with Crippen LogP contribution in [0.15, 0.2) is 24.4 Å². The van der Waals surface area contributed by atoms with Crippen molar-refractivity contribution >= 4 is 0 Å². The highest BCUT2D eigenvalue weighted by Gasteiger charge is 2.34. The van der Waals surface area contributed by atoms with Crippen LogP contribution < -0.4 is 0 Å². The summed E-state index contributed by atoms with van der Waals surface area (Å²) in [6.45, 7) is 3.38. The summed E-state index contributed by atoms with van der Waals surface area (Å²) in [4.78, 5) is 4.03. The van der Waals surface area contributed by atoms with E-state index in [1.807, 2.05) is 0 Å². The fourth-order valence-electron chi connectivity index (χ4n) is 1.46. The lowest BCUT2D eigenvalue weighted by atomic mass is 10.3. The molecule has 0 spiro atoms. The number of pyridine rings is 1. The van der Waals surface area contributed by atoms with Gasteiger partial charge in [-0.1, -0.05) is 0 Å². The van der Waals surface area contributed by atoms with Crippen LogP contribution in [0.4, 0.5) is 13.2 Å². The Balaban J connectivity index is 2.46. The van der Waals surface area contributed by atoms with Crippen molar-refractivity contribution in [3.05, 3.63) is 41.5 Å². The monoisotopic (exact) mass is 241 g/mol. The van der Waals surface area contributed by atoms with E-state index in [9.17, 15) is 13.2 Å². The van der Waals surface area contributed by atoms with Gasteiger partial charge in [-0.15, -0.1) is 0 Å². The lowest BCUT2D eigenvalue weighted by Gasteiger charge is -2.04. The standard InChI is InChI=1S/C11H10F3N3/c1-7-3-4-9(6-15-7)17-8(2)5-10(16-17)11(12,13)14/h3-6H,1-2H3. The van der Waals surface area contributed by atoms with Crippen LogP contribution >= 0.6 is 0 Å². The third-order valence-electron chi connectivity index (χ3n) is 2.32. The highest BCUT2D eigenvalue weighted by Crippen LogP contribution is 2.29. The third-order valence-corrected chi connectivity index (χ3v) is 2.32. The van der Waals surface area contributed by atoms with Crippen molar-refractivity contribution in [3.8, 4) is 5.69 Å². The van der Waals surface area contributed by atoms with Gasteiger partial charge in [-0.05, 0) is 32.0 Å². The summed E-state index contributed by atoms with van der Waals surface area (Å²) >= 11 is 0. The molecular formula is C11H10F3N3. The number of halogens is 3. The highest BCUT2D eigenvalue weighted by molar-refractivity contribution is 5.31. The van der Waals surface area contributed by atoms with Crippen molar-refractivity contribution in [1.29, 1.82) is 0 Å². The minimum Gasteiger partial charge on any atom is -0.259 e. The Bertz CT molecular complexity index is 526. The predicted octanol–water partition coefficient (Wildman–Crippen LogP) is 2.90. The fourth-order valence-corrected chi connectivity index (χ4v) is 1.46. The third kappa shape index (κ3) is 2.30. The first-order valence-corrected chi connectivity index (χ1v) is 4.95. The Kier molecular flexibility index (Phi) is 2.65. The molecule has 0 fully saturated rings. The van der Waals surface area contributed by atoms with Crippen molar-refractivity contribution in [2.75, 3.05) is 0 Å². The Morgan fingerprint density at radius 3 is 2.35 bits per heavy atom. The first-order valence-electron chi connectivity index (χ1n) is 4.95. The topological polar surface area (TPSA) is 30.7 Å². The van der Waals surface area contributed by atoms with Crippen molar-refractivity contribution in [3.63, 3.8) is 0 Å². The Hall–Kier alpha value is -1.85. The molecule has 3 nitrogen and oxygen atoms in total. The molecule has 90 valence electrons. The van der Waals surface area contributed by atoms with Gasteiger partial charge < -0.3 is 0 Å². The molecule has 0 amide bonds. The maximum atomic E-state index is 12.5. The number of hydrogen-bond donors (Lipinski definition) is 0. The molecule has 0 saturated heterocycles. The van der Waals surface area contributed by atoms with Crippen molar-refractivity contribution in [2.45, 2.75) is 20.0 Å². The van der Waals surface area contributed by atoms with E-state index < -0.39 is 11.9 Å².